The Morgan fingerprint density at radius 1 is 0.889 bits per heavy atom. The maximum Gasteiger partial charge on any atom is 0.266 e. The smallest absolute Gasteiger partial charge is 0.266 e. The van der Waals surface area contributed by atoms with Crippen LogP contribution in [0.3, 0.4) is 0 Å². The number of carbonyl (C=O) groups is 3. The molecule has 2 aliphatic rings. The second kappa shape index (κ2) is 6.79. The summed E-state index contributed by atoms with van der Waals surface area (Å²) in [6.45, 7) is 2.93. The molecule has 0 spiro atoms. The van der Waals surface area contributed by atoms with Gasteiger partial charge in [-0.1, -0.05) is 11.6 Å². The normalized spacial score (nSPS) is 17.4. The maximum atomic E-state index is 12.8. The van der Waals surface area contributed by atoms with Crippen LogP contribution in [0, 0.1) is 0 Å². The highest BCUT2D eigenvalue weighted by atomic mass is 35.5. The lowest BCUT2D eigenvalue weighted by Crippen LogP contribution is -2.47. The van der Waals surface area contributed by atoms with E-state index < -0.39 is 11.8 Å². The molecule has 2 aromatic carbocycles. The van der Waals surface area contributed by atoms with Gasteiger partial charge in [-0.25, -0.2) is 4.90 Å². The Hall–Kier alpha value is -2.70. The number of halogens is 1. The van der Waals surface area contributed by atoms with Crippen LogP contribution < -0.4 is 4.90 Å². The van der Waals surface area contributed by atoms with Gasteiger partial charge in [0.15, 0.2) is 0 Å². The maximum absolute atomic E-state index is 12.8. The fourth-order valence-electron chi connectivity index (χ4n) is 3.39. The van der Waals surface area contributed by atoms with Gasteiger partial charge in [-0.15, -0.1) is 0 Å². The van der Waals surface area contributed by atoms with Crippen molar-refractivity contribution in [3.05, 3.63) is 64.2 Å². The van der Waals surface area contributed by atoms with Gasteiger partial charge in [0.05, 0.1) is 16.8 Å². The van der Waals surface area contributed by atoms with Crippen molar-refractivity contribution in [2.75, 3.05) is 38.1 Å². The number of rotatable bonds is 2. The summed E-state index contributed by atoms with van der Waals surface area (Å²) in [5.74, 6) is -0.933. The number of anilines is 1. The number of likely N-dealkylation sites (N-methyl/N-ethyl adjacent to an activating group) is 1. The van der Waals surface area contributed by atoms with Crippen LogP contribution in [0.25, 0.3) is 0 Å². The number of hydrogen-bond acceptors (Lipinski definition) is 4. The van der Waals surface area contributed by atoms with Gasteiger partial charge in [-0.3, -0.25) is 14.4 Å². The summed E-state index contributed by atoms with van der Waals surface area (Å²) in [7, 11) is 2.02. The molecule has 4 rings (SSSR count). The minimum Gasteiger partial charge on any atom is -0.336 e. The Morgan fingerprint density at radius 2 is 1.52 bits per heavy atom. The van der Waals surface area contributed by atoms with E-state index in [1.807, 2.05) is 7.05 Å². The van der Waals surface area contributed by atoms with E-state index in [0.717, 1.165) is 18.0 Å². The molecular weight excluding hydrogens is 366 g/mol. The Kier molecular flexibility index (Phi) is 4.45. The van der Waals surface area contributed by atoms with E-state index >= 15 is 0 Å². The molecule has 2 aromatic rings. The summed E-state index contributed by atoms with van der Waals surface area (Å²) in [6.07, 6.45) is 0. The van der Waals surface area contributed by atoms with Crippen molar-refractivity contribution in [2.24, 2.45) is 0 Å². The highest BCUT2D eigenvalue weighted by Gasteiger charge is 2.37. The van der Waals surface area contributed by atoms with Crippen molar-refractivity contribution >= 4 is 35.0 Å². The molecule has 1 saturated heterocycles. The van der Waals surface area contributed by atoms with Crippen LogP contribution in [0.15, 0.2) is 42.5 Å². The first kappa shape index (κ1) is 17.7. The van der Waals surface area contributed by atoms with Crippen molar-refractivity contribution in [1.29, 1.82) is 0 Å². The third kappa shape index (κ3) is 3.11. The molecule has 2 heterocycles. The lowest BCUT2D eigenvalue weighted by molar-refractivity contribution is 0.0664. The third-order valence-corrected chi connectivity index (χ3v) is 5.26. The number of amides is 3. The molecular formula is C20H18ClN3O3. The molecule has 2 aliphatic heterocycles. The predicted octanol–water partition coefficient (Wildman–Crippen LogP) is 2.53. The van der Waals surface area contributed by atoms with Crippen molar-refractivity contribution < 1.29 is 14.4 Å². The Labute approximate surface area is 161 Å². The number of benzene rings is 2. The molecule has 6 nitrogen and oxygen atoms in total. The van der Waals surface area contributed by atoms with E-state index in [4.69, 9.17) is 11.6 Å². The monoisotopic (exact) mass is 383 g/mol. The second-order valence-corrected chi connectivity index (χ2v) is 7.21. The van der Waals surface area contributed by atoms with E-state index in [-0.39, 0.29) is 11.5 Å². The molecule has 0 aromatic heterocycles. The van der Waals surface area contributed by atoms with Crippen LogP contribution in [0.4, 0.5) is 5.69 Å². The van der Waals surface area contributed by atoms with Crippen LogP contribution in [-0.4, -0.2) is 60.7 Å². The summed E-state index contributed by atoms with van der Waals surface area (Å²) < 4.78 is 0. The molecule has 7 heteroatoms. The fraction of sp³-hybridized carbons (Fsp3) is 0.250. The van der Waals surface area contributed by atoms with E-state index in [2.05, 4.69) is 4.90 Å². The number of fused-ring (bicyclic) bond motifs is 1. The van der Waals surface area contributed by atoms with Crippen LogP contribution in [-0.2, 0) is 0 Å². The van der Waals surface area contributed by atoms with Crippen LogP contribution in [0.5, 0.6) is 0 Å². The van der Waals surface area contributed by atoms with Crippen LogP contribution in [0.1, 0.15) is 31.1 Å². The Bertz CT molecular complexity index is 934. The minimum atomic E-state index is -0.426. The second-order valence-electron chi connectivity index (χ2n) is 6.78. The van der Waals surface area contributed by atoms with E-state index in [1.54, 1.807) is 41.3 Å². The molecule has 0 N–H and O–H groups in total. The molecule has 0 radical (unpaired) electrons. The molecule has 27 heavy (non-hydrogen) atoms. The molecule has 3 amide bonds. The molecule has 0 aliphatic carbocycles. The summed E-state index contributed by atoms with van der Waals surface area (Å²) in [6, 6.07) is 11.2. The highest BCUT2D eigenvalue weighted by molar-refractivity contribution is 6.35. The summed E-state index contributed by atoms with van der Waals surface area (Å²) in [4.78, 5) is 43.3. The van der Waals surface area contributed by atoms with Gasteiger partial charge < -0.3 is 9.80 Å². The zero-order chi connectivity index (χ0) is 19.1. The topological polar surface area (TPSA) is 60.9 Å². The SMILES string of the molecule is CN1CCN(C(=O)c2ccc3c(c2)C(=O)N(c2ccc(Cl)cc2)C3=O)CC1. The molecule has 0 unspecified atom stereocenters. The van der Waals surface area contributed by atoms with Crippen molar-refractivity contribution in [2.45, 2.75) is 0 Å². The lowest BCUT2D eigenvalue weighted by Gasteiger charge is -2.32. The first-order valence-corrected chi connectivity index (χ1v) is 9.10. The number of imide groups is 1. The van der Waals surface area contributed by atoms with Gasteiger partial charge in [0, 0.05) is 36.8 Å². The van der Waals surface area contributed by atoms with Crippen molar-refractivity contribution in [3.8, 4) is 0 Å². The highest BCUT2D eigenvalue weighted by Crippen LogP contribution is 2.30. The van der Waals surface area contributed by atoms with E-state index in [1.165, 1.54) is 6.07 Å². The predicted molar refractivity (Wildman–Crippen MR) is 102 cm³/mol. The summed E-state index contributed by atoms with van der Waals surface area (Å²) in [5.41, 5.74) is 1.45. The van der Waals surface area contributed by atoms with Crippen LogP contribution >= 0.6 is 11.6 Å². The van der Waals surface area contributed by atoms with Gasteiger partial charge in [0.25, 0.3) is 17.7 Å². The summed E-state index contributed by atoms with van der Waals surface area (Å²) in [5, 5.41) is 0.524. The van der Waals surface area contributed by atoms with E-state index in [0.29, 0.717) is 34.9 Å². The number of carbonyl (C=O) groups excluding carboxylic acids is 3. The first-order chi connectivity index (χ1) is 13.0. The number of hydrogen-bond donors (Lipinski definition) is 0. The molecule has 0 bridgehead atoms. The van der Waals surface area contributed by atoms with E-state index in [9.17, 15) is 14.4 Å². The van der Waals surface area contributed by atoms with Crippen molar-refractivity contribution in [3.63, 3.8) is 0 Å². The Balaban J connectivity index is 1.62. The average Bonchev–Trinajstić information content (AvgIpc) is 2.93. The molecule has 0 atom stereocenters. The average molecular weight is 384 g/mol. The summed E-state index contributed by atoms with van der Waals surface area (Å²) >= 11 is 5.89. The molecule has 1 fully saturated rings. The Morgan fingerprint density at radius 3 is 2.19 bits per heavy atom. The largest absolute Gasteiger partial charge is 0.336 e. The van der Waals surface area contributed by atoms with Gasteiger partial charge >= 0.3 is 0 Å². The fourth-order valence-corrected chi connectivity index (χ4v) is 3.52. The standard InChI is InChI=1S/C20H18ClN3O3/c1-22-8-10-23(11-9-22)18(25)13-2-7-16-17(12-13)20(27)24(19(16)26)15-5-3-14(21)4-6-15/h2-7,12H,8-11H2,1H3. The minimum absolute atomic E-state index is 0.115. The third-order valence-electron chi connectivity index (χ3n) is 5.01. The van der Waals surface area contributed by atoms with Gasteiger partial charge in [-0.05, 0) is 49.5 Å². The van der Waals surface area contributed by atoms with Gasteiger partial charge in [0.2, 0.25) is 0 Å². The first-order valence-electron chi connectivity index (χ1n) is 8.72. The van der Waals surface area contributed by atoms with Gasteiger partial charge in [0.1, 0.15) is 0 Å². The van der Waals surface area contributed by atoms with Crippen molar-refractivity contribution in [1.82, 2.24) is 9.80 Å². The quantitative estimate of drug-likeness (QED) is 0.748. The zero-order valence-corrected chi connectivity index (χ0v) is 15.6. The number of nitrogens with zero attached hydrogens (tertiary/aromatic N) is 3. The molecule has 0 saturated carbocycles. The zero-order valence-electron chi connectivity index (χ0n) is 14.8. The number of piperazine rings is 1. The van der Waals surface area contributed by atoms with Gasteiger partial charge in [-0.2, -0.15) is 0 Å². The lowest BCUT2D eigenvalue weighted by atomic mass is 10.0. The van der Waals surface area contributed by atoms with Crippen LogP contribution in [0.2, 0.25) is 5.02 Å². The molecule has 138 valence electrons.